The van der Waals surface area contributed by atoms with Gasteiger partial charge in [0.25, 0.3) is 5.91 Å². The standard InChI is InChI=1S/C13H18N2O3/c1-8-11(6-7-14-8)12(16)15-10-4-2-9(3-5-10)13(17)18/h6-7,9-10,14H,2-5H2,1H3,(H,15,16)(H,17,18). The van der Waals surface area contributed by atoms with Crippen molar-refractivity contribution in [2.24, 2.45) is 5.92 Å². The highest BCUT2D eigenvalue weighted by Gasteiger charge is 2.27. The highest BCUT2D eigenvalue weighted by molar-refractivity contribution is 5.95. The van der Waals surface area contributed by atoms with Crippen LogP contribution in [0.15, 0.2) is 12.3 Å². The number of carbonyl (C=O) groups excluding carboxylic acids is 1. The smallest absolute Gasteiger partial charge is 0.306 e. The van der Waals surface area contributed by atoms with Crippen molar-refractivity contribution < 1.29 is 14.7 Å². The molecule has 0 unspecified atom stereocenters. The number of H-pyrrole nitrogens is 1. The molecule has 0 spiro atoms. The number of aromatic nitrogens is 1. The molecule has 0 saturated heterocycles. The Morgan fingerprint density at radius 1 is 1.33 bits per heavy atom. The van der Waals surface area contributed by atoms with E-state index in [0.717, 1.165) is 18.5 Å². The zero-order valence-corrected chi connectivity index (χ0v) is 10.4. The molecule has 0 aliphatic heterocycles. The van der Waals surface area contributed by atoms with Crippen molar-refractivity contribution in [2.45, 2.75) is 38.6 Å². The Hall–Kier alpha value is -1.78. The van der Waals surface area contributed by atoms with E-state index in [4.69, 9.17) is 5.11 Å². The summed E-state index contributed by atoms with van der Waals surface area (Å²) in [6.07, 6.45) is 4.52. The van der Waals surface area contributed by atoms with Crippen LogP contribution in [0.4, 0.5) is 0 Å². The number of hydrogen-bond donors (Lipinski definition) is 3. The van der Waals surface area contributed by atoms with Crippen molar-refractivity contribution in [1.82, 2.24) is 10.3 Å². The predicted molar refractivity (Wildman–Crippen MR) is 66.4 cm³/mol. The van der Waals surface area contributed by atoms with Crippen molar-refractivity contribution in [1.29, 1.82) is 0 Å². The third kappa shape index (κ3) is 2.72. The first-order valence-electron chi connectivity index (χ1n) is 6.25. The summed E-state index contributed by atoms with van der Waals surface area (Å²) in [6.45, 7) is 1.86. The van der Waals surface area contributed by atoms with Crippen molar-refractivity contribution in [3.63, 3.8) is 0 Å². The topological polar surface area (TPSA) is 82.2 Å². The number of aromatic amines is 1. The van der Waals surface area contributed by atoms with Gasteiger partial charge in [-0.1, -0.05) is 0 Å². The monoisotopic (exact) mass is 250 g/mol. The molecule has 98 valence electrons. The number of carboxylic acids is 1. The van der Waals surface area contributed by atoms with Crippen LogP contribution in [0, 0.1) is 12.8 Å². The van der Waals surface area contributed by atoms with Gasteiger partial charge in [0.1, 0.15) is 0 Å². The zero-order valence-electron chi connectivity index (χ0n) is 10.4. The lowest BCUT2D eigenvalue weighted by Gasteiger charge is -2.26. The van der Waals surface area contributed by atoms with Crippen molar-refractivity contribution >= 4 is 11.9 Å². The van der Waals surface area contributed by atoms with Gasteiger partial charge < -0.3 is 15.4 Å². The molecule has 1 saturated carbocycles. The van der Waals surface area contributed by atoms with Gasteiger partial charge >= 0.3 is 5.97 Å². The Morgan fingerprint density at radius 2 is 2.00 bits per heavy atom. The van der Waals surface area contributed by atoms with E-state index in [1.165, 1.54) is 0 Å². The average Bonchev–Trinajstić information content (AvgIpc) is 2.76. The Kier molecular flexibility index (Phi) is 3.69. The molecule has 0 aromatic carbocycles. The molecule has 2 rings (SSSR count). The Morgan fingerprint density at radius 3 is 2.50 bits per heavy atom. The summed E-state index contributed by atoms with van der Waals surface area (Å²) in [6, 6.07) is 1.86. The summed E-state index contributed by atoms with van der Waals surface area (Å²) in [4.78, 5) is 25.8. The Labute approximate surface area is 106 Å². The molecule has 1 aromatic heterocycles. The van der Waals surface area contributed by atoms with E-state index in [1.807, 2.05) is 6.92 Å². The van der Waals surface area contributed by atoms with Crippen LogP contribution in [0.3, 0.4) is 0 Å². The van der Waals surface area contributed by atoms with E-state index < -0.39 is 5.97 Å². The van der Waals surface area contributed by atoms with Gasteiger partial charge in [-0.25, -0.2) is 0 Å². The Balaban J connectivity index is 1.87. The van der Waals surface area contributed by atoms with Gasteiger partial charge in [0.15, 0.2) is 0 Å². The number of rotatable bonds is 3. The number of carboxylic acid groups (broad SMARTS) is 1. The first-order chi connectivity index (χ1) is 8.58. The molecule has 0 bridgehead atoms. The molecule has 0 atom stereocenters. The highest BCUT2D eigenvalue weighted by Crippen LogP contribution is 2.24. The molecule has 1 amide bonds. The third-order valence-electron chi connectivity index (χ3n) is 3.61. The maximum atomic E-state index is 12.0. The first-order valence-corrected chi connectivity index (χ1v) is 6.25. The number of aliphatic carboxylic acids is 1. The van der Waals surface area contributed by atoms with Crippen LogP contribution >= 0.6 is 0 Å². The lowest BCUT2D eigenvalue weighted by atomic mass is 9.86. The number of amides is 1. The predicted octanol–water partition coefficient (Wildman–Crippen LogP) is 1.70. The van der Waals surface area contributed by atoms with Gasteiger partial charge in [0, 0.05) is 17.9 Å². The summed E-state index contributed by atoms with van der Waals surface area (Å²) in [5, 5.41) is 11.9. The summed E-state index contributed by atoms with van der Waals surface area (Å²) in [5.74, 6) is -1.04. The van der Waals surface area contributed by atoms with E-state index in [0.29, 0.717) is 18.4 Å². The SMILES string of the molecule is Cc1[nH]ccc1C(=O)NC1CCC(C(=O)O)CC1. The molecule has 0 radical (unpaired) electrons. The van der Waals surface area contributed by atoms with Crippen LogP contribution in [0.25, 0.3) is 0 Å². The molecule has 18 heavy (non-hydrogen) atoms. The average molecular weight is 250 g/mol. The van der Waals surface area contributed by atoms with Crippen LogP contribution in [0.5, 0.6) is 0 Å². The van der Waals surface area contributed by atoms with Crippen LogP contribution in [-0.2, 0) is 4.79 Å². The lowest BCUT2D eigenvalue weighted by Crippen LogP contribution is -2.38. The fourth-order valence-corrected chi connectivity index (χ4v) is 2.45. The minimum Gasteiger partial charge on any atom is -0.481 e. The molecular weight excluding hydrogens is 232 g/mol. The van der Waals surface area contributed by atoms with E-state index >= 15 is 0 Å². The van der Waals surface area contributed by atoms with Crippen molar-refractivity contribution in [2.75, 3.05) is 0 Å². The molecule has 1 heterocycles. The maximum absolute atomic E-state index is 12.0. The summed E-state index contributed by atoms with van der Waals surface area (Å²) < 4.78 is 0. The molecule has 1 aliphatic rings. The van der Waals surface area contributed by atoms with E-state index in [2.05, 4.69) is 10.3 Å². The van der Waals surface area contributed by atoms with Crippen LogP contribution in [0.1, 0.15) is 41.7 Å². The zero-order chi connectivity index (χ0) is 13.1. The van der Waals surface area contributed by atoms with Crippen LogP contribution < -0.4 is 5.32 Å². The molecule has 5 nitrogen and oxygen atoms in total. The lowest BCUT2D eigenvalue weighted by molar-refractivity contribution is -0.142. The largest absolute Gasteiger partial charge is 0.481 e. The van der Waals surface area contributed by atoms with Gasteiger partial charge in [-0.15, -0.1) is 0 Å². The van der Waals surface area contributed by atoms with Gasteiger partial charge in [0.2, 0.25) is 0 Å². The fourth-order valence-electron chi connectivity index (χ4n) is 2.45. The number of aryl methyl sites for hydroxylation is 1. The van der Waals surface area contributed by atoms with E-state index in [9.17, 15) is 9.59 Å². The molecule has 1 fully saturated rings. The van der Waals surface area contributed by atoms with Gasteiger partial charge in [0.05, 0.1) is 11.5 Å². The first kappa shape index (κ1) is 12.7. The van der Waals surface area contributed by atoms with Crippen LogP contribution in [0.2, 0.25) is 0 Å². The second kappa shape index (κ2) is 5.25. The Bertz CT molecular complexity index is 445. The summed E-state index contributed by atoms with van der Waals surface area (Å²) in [5.41, 5.74) is 1.52. The quantitative estimate of drug-likeness (QED) is 0.763. The molecular formula is C13H18N2O3. The van der Waals surface area contributed by atoms with Gasteiger partial charge in [-0.05, 0) is 38.7 Å². The summed E-state index contributed by atoms with van der Waals surface area (Å²) in [7, 11) is 0. The maximum Gasteiger partial charge on any atom is 0.306 e. The summed E-state index contributed by atoms with van der Waals surface area (Å²) >= 11 is 0. The van der Waals surface area contributed by atoms with Crippen molar-refractivity contribution in [3.05, 3.63) is 23.5 Å². The third-order valence-corrected chi connectivity index (χ3v) is 3.61. The molecule has 1 aromatic rings. The normalized spacial score (nSPS) is 23.6. The minimum atomic E-state index is -0.721. The minimum absolute atomic E-state index is 0.0764. The van der Waals surface area contributed by atoms with Crippen molar-refractivity contribution in [3.8, 4) is 0 Å². The highest BCUT2D eigenvalue weighted by atomic mass is 16.4. The number of carbonyl (C=O) groups is 2. The second-order valence-corrected chi connectivity index (χ2v) is 4.88. The second-order valence-electron chi connectivity index (χ2n) is 4.88. The van der Waals surface area contributed by atoms with E-state index in [-0.39, 0.29) is 17.9 Å². The fraction of sp³-hybridized carbons (Fsp3) is 0.538. The molecule has 1 aliphatic carbocycles. The van der Waals surface area contributed by atoms with Gasteiger partial charge in [-0.2, -0.15) is 0 Å². The molecule has 3 N–H and O–H groups in total. The van der Waals surface area contributed by atoms with Crippen LogP contribution in [-0.4, -0.2) is 28.0 Å². The van der Waals surface area contributed by atoms with E-state index in [1.54, 1.807) is 12.3 Å². The molecule has 5 heteroatoms. The number of nitrogens with one attached hydrogen (secondary N) is 2. The number of hydrogen-bond acceptors (Lipinski definition) is 2. The van der Waals surface area contributed by atoms with Gasteiger partial charge in [-0.3, -0.25) is 9.59 Å².